The van der Waals surface area contributed by atoms with Gasteiger partial charge in [0.15, 0.2) is 0 Å². The molecule has 0 spiro atoms. The first-order valence-electron chi connectivity index (χ1n) is 13.6. The first kappa shape index (κ1) is 29.9. The molecule has 1 fully saturated rings. The molecule has 218 valence electrons. The van der Waals surface area contributed by atoms with E-state index in [2.05, 4.69) is 25.9 Å². The van der Waals surface area contributed by atoms with Crippen molar-refractivity contribution in [3.8, 4) is 0 Å². The standard InChI is InChI=1S/C31H34N6O5/c1-20-17-21(2)34-31(33-20)32-19-25(36-27(38)23-13-8-5-9-14-23)29(40)37-16-10-15-26(37)28(39)35-24(30(41)42-3)18-22-11-6-4-7-12-22/h4-9,11-14,17,19,24,26H,10,15-16,18H2,1-3H3,(H,35,39)(H,36,38)(H,32,33,34)/b25-19+/t24-,26-/m0/s1. The monoisotopic (exact) mass is 570 g/mol. The van der Waals surface area contributed by atoms with Crippen molar-refractivity contribution >= 4 is 29.6 Å². The second kappa shape index (κ2) is 14.0. The molecule has 42 heavy (non-hydrogen) atoms. The van der Waals surface area contributed by atoms with Crippen molar-refractivity contribution in [2.45, 2.75) is 45.2 Å². The summed E-state index contributed by atoms with van der Waals surface area (Å²) in [5.41, 5.74) is 2.58. The van der Waals surface area contributed by atoms with Crippen LogP contribution in [0, 0.1) is 13.8 Å². The molecule has 0 saturated carbocycles. The lowest BCUT2D eigenvalue weighted by atomic mass is 10.1. The van der Waals surface area contributed by atoms with Gasteiger partial charge in [-0.15, -0.1) is 0 Å². The van der Waals surface area contributed by atoms with Gasteiger partial charge in [0.25, 0.3) is 11.8 Å². The SMILES string of the molecule is COC(=O)[C@H](Cc1ccccc1)NC(=O)[C@@H]1CCCN1C(=O)/C(=C\Nc1nc(C)cc(C)n1)NC(=O)c1ccccc1. The van der Waals surface area contributed by atoms with E-state index in [4.69, 9.17) is 4.74 Å². The van der Waals surface area contributed by atoms with Crippen molar-refractivity contribution < 1.29 is 23.9 Å². The van der Waals surface area contributed by atoms with E-state index in [0.717, 1.165) is 17.0 Å². The third-order valence-electron chi connectivity index (χ3n) is 6.74. The Kier molecular flexibility index (Phi) is 9.99. The minimum Gasteiger partial charge on any atom is -0.467 e. The van der Waals surface area contributed by atoms with Crippen LogP contribution >= 0.6 is 0 Å². The summed E-state index contributed by atoms with van der Waals surface area (Å²) in [6, 6.07) is 17.8. The van der Waals surface area contributed by atoms with Crippen LogP contribution in [0.1, 0.15) is 40.2 Å². The number of hydrogen-bond donors (Lipinski definition) is 3. The molecule has 1 saturated heterocycles. The third kappa shape index (κ3) is 7.78. The molecule has 0 unspecified atom stereocenters. The summed E-state index contributed by atoms with van der Waals surface area (Å²) in [6.45, 7) is 3.93. The van der Waals surface area contributed by atoms with Gasteiger partial charge >= 0.3 is 5.97 Å². The number of nitrogens with zero attached hydrogens (tertiary/aromatic N) is 3. The smallest absolute Gasteiger partial charge is 0.328 e. The highest BCUT2D eigenvalue weighted by Gasteiger charge is 2.37. The van der Waals surface area contributed by atoms with Gasteiger partial charge in [-0.05, 0) is 50.5 Å². The van der Waals surface area contributed by atoms with Crippen LogP contribution in [0.5, 0.6) is 0 Å². The van der Waals surface area contributed by atoms with E-state index in [1.54, 1.807) is 30.3 Å². The lowest BCUT2D eigenvalue weighted by Gasteiger charge is -2.27. The van der Waals surface area contributed by atoms with Gasteiger partial charge in [0.2, 0.25) is 11.9 Å². The lowest BCUT2D eigenvalue weighted by molar-refractivity contribution is -0.146. The molecule has 1 aromatic heterocycles. The molecule has 3 aromatic rings. The van der Waals surface area contributed by atoms with E-state index in [0.29, 0.717) is 18.4 Å². The Morgan fingerprint density at radius 1 is 1.00 bits per heavy atom. The van der Waals surface area contributed by atoms with Crippen LogP contribution in [0.3, 0.4) is 0 Å². The molecule has 0 aliphatic carbocycles. The predicted molar refractivity (Wildman–Crippen MR) is 156 cm³/mol. The number of aromatic nitrogens is 2. The first-order chi connectivity index (χ1) is 20.2. The summed E-state index contributed by atoms with van der Waals surface area (Å²) in [6.07, 6.45) is 2.53. The fourth-order valence-electron chi connectivity index (χ4n) is 4.75. The first-order valence-corrected chi connectivity index (χ1v) is 13.6. The summed E-state index contributed by atoms with van der Waals surface area (Å²) < 4.78 is 4.93. The zero-order chi connectivity index (χ0) is 30.1. The molecule has 0 radical (unpaired) electrons. The molecule has 11 heteroatoms. The molecule has 3 N–H and O–H groups in total. The van der Waals surface area contributed by atoms with Gasteiger partial charge in [0, 0.05) is 36.1 Å². The second-order valence-electron chi connectivity index (χ2n) is 9.93. The Labute approximate surface area is 244 Å². The molecule has 2 aromatic carbocycles. The molecule has 1 aliphatic rings. The van der Waals surface area contributed by atoms with Crippen LogP contribution in [0.2, 0.25) is 0 Å². The van der Waals surface area contributed by atoms with Crippen LogP contribution in [0.15, 0.2) is 78.6 Å². The maximum Gasteiger partial charge on any atom is 0.328 e. The summed E-state index contributed by atoms with van der Waals surface area (Å²) in [7, 11) is 1.26. The van der Waals surface area contributed by atoms with Crippen molar-refractivity contribution in [1.29, 1.82) is 0 Å². The molecule has 2 atom stereocenters. The Morgan fingerprint density at radius 3 is 2.29 bits per heavy atom. The largest absolute Gasteiger partial charge is 0.467 e. The van der Waals surface area contributed by atoms with Crippen molar-refractivity contribution in [1.82, 2.24) is 25.5 Å². The Morgan fingerprint density at radius 2 is 1.64 bits per heavy atom. The molecule has 0 bridgehead atoms. The number of anilines is 1. The molecule has 3 amide bonds. The van der Waals surface area contributed by atoms with Crippen molar-refractivity contribution in [3.63, 3.8) is 0 Å². The normalized spacial score (nSPS) is 15.5. The van der Waals surface area contributed by atoms with Gasteiger partial charge in [-0.3, -0.25) is 14.4 Å². The molecule has 11 nitrogen and oxygen atoms in total. The number of nitrogens with one attached hydrogen (secondary N) is 3. The van der Waals surface area contributed by atoms with E-state index in [9.17, 15) is 19.2 Å². The van der Waals surface area contributed by atoms with Crippen LogP contribution in [-0.4, -0.2) is 64.3 Å². The number of likely N-dealkylation sites (tertiary alicyclic amines) is 1. The van der Waals surface area contributed by atoms with E-state index < -0.39 is 35.8 Å². The fourth-order valence-corrected chi connectivity index (χ4v) is 4.75. The molecular weight excluding hydrogens is 536 g/mol. The van der Waals surface area contributed by atoms with Crippen molar-refractivity contribution in [2.75, 3.05) is 19.0 Å². The summed E-state index contributed by atoms with van der Waals surface area (Å²) in [4.78, 5) is 62.9. The average Bonchev–Trinajstić information content (AvgIpc) is 3.49. The minimum atomic E-state index is -0.932. The van der Waals surface area contributed by atoms with E-state index in [1.165, 1.54) is 18.2 Å². The van der Waals surface area contributed by atoms with E-state index in [1.807, 2.05) is 50.2 Å². The number of carbonyl (C=O) groups is 4. The van der Waals surface area contributed by atoms with Gasteiger partial charge < -0.3 is 25.6 Å². The predicted octanol–water partition coefficient (Wildman–Crippen LogP) is 2.67. The highest BCUT2D eigenvalue weighted by molar-refractivity contribution is 6.04. The van der Waals surface area contributed by atoms with E-state index in [-0.39, 0.29) is 24.6 Å². The number of aryl methyl sites for hydroxylation is 2. The zero-order valence-electron chi connectivity index (χ0n) is 23.8. The van der Waals surface area contributed by atoms with Crippen molar-refractivity contribution in [2.24, 2.45) is 0 Å². The van der Waals surface area contributed by atoms with Crippen LogP contribution in [0.25, 0.3) is 0 Å². The molecule has 1 aliphatic heterocycles. The summed E-state index contributed by atoms with van der Waals surface area (Å²) in [5, 5.41) is 8.35. The van der Waals surface area contributed by atoms with E-state index >= 15 is 0 Å². The number of esters is 1. The van der Waals surface area contributed by atoms with Crippen LogP contribution in [0.4, 0.5) is 5.95 Å². The number of rotatable bonds is 10. The quantitative estimate of drug-likeness (QED) is 0.250. The topological polar surface area (TPSA) is 143 Å². The fraction of sp³-hybridized carbons (Fsp3) is 0.290. The highest BCUT2D eigenvalue weighted by atomic mass is 16.5. The Balaban J connectivity index is 1.55. The summed E-state index contributed by atoms with van der Waals surface area (Å²) >= 11 is 0. The third-order valence-corrected chi connectivity index (χ3v) is 6.74. The number of ether oxygens (including phenoxy) is 1. The Hall–Kier alpha value is -5.06. The highest BCUT2D eigenvalue weighted by Crippen LogP contribution is 2.20. The molecular formula is C31H34N6O5. The Bertz CT molecular complexity index is 1440. The van der Waals surface area contributed by atoms with Gasteiger partial charge in [-0.2, -0.15) is 0 Å². The number of hydrogen-bond acceptors (Lipinski definition) is 8. The van der Waals surface area contributed by atoms with Crippen LogP contribution in [-0.2, 0) is 25.5 Å². The maximum absolute atomic E-state index is 13.8. The second-order valence-corrected chi connectivity index (χ2v) is 9.93. The number of carbonyl (C=O) groups excluding carboxylic acids is 4. The van der Waals surface area contributed by atoms with Gasteiger partial charge in [0.1, 0.15) is 17.8 Å². The maximum atomic E-state index is 13.8. The van der Waals surface area contributed by atoms with Gasteiger partial charge in [-0.25, -0.2) is 14.8 Å². The average molecular weight is 571 g/mol. The van der Waals surface area contributed by atoms with Crippen molar-refractivity contribution in [3.05, 3.63) is 101 Å². The number of benzene rings is 2. The van der Waals surface area contributed by atoms with Gasteiger partial charge in [0.05, 0.1) is 7.11 Å². The minimum absolute atomic E-state index is 0.0832. The number of amides is 3. The summed E-state index contributed by atoms with van der Waals surface area (Å²) in [5.74, 6) is -1.87. The number of methoxy groups -OCH3 is 1. The van der Waals surface area contributed by atoms with Crippen LogP contribution < -0.4 is 16.0 Å². The molecule has 2 heterocycles. The molecule has 4 rings (SSSR count). The van der Waals surface area contributed by atoms with Gasteiger partial charge in [-0.1, -0.05) is 48.5 Å². The lowest BCUT2D eigenvalue weighted by Crippen LogP contribution is -2.52. The zero-order valence-corrected chi connectivity index (χ0v) is 23.8.